The number of fused-ring (bicyclic) bond motifs is 2. The predicted molar refractivity (Wildman–Crippen MR) is 70.8 cm³/mol. The molecule has 2 aromatic carbocycles. The van der Waals surface area contributed by atoms with Gasteiger partial charge in [-0.25, -0.2) is 0 Å². The number of phenolic OH excluding ortho intramolecular Hbond substituents is 2. The molecule has 0 aliphatic heterocycles. The summed E-state index contributed by atoms with van der Waals surface area (Å²) >= 11 is 3.14. The van der Waals surface area contributed by atoms with Crippen LogP contribution in [0.5, 0.6) is 11.5 Å². The summed E-state index contributed by atoms with van der Waals surface area (Å²) in [5.74, 6) is -1.83. The highest BCUT2D eigenvalue weighted by atomic mass is 79.9. The minimum atomic E-state index is -0.564. The summed E-state index contributed by atoms with van der Waals surface area (Å²) in [4.78, 5) is 24.7. The lowest BCUT2D eigenvalue weighted by molar-refractivity contribution is 0.0975. The molecule has 0 amide bonds. The van der Waals surface area contributed by atoms with Crippen LogP contribution in [-0.2, 0) is 0 Å². The first-order chi connectivity index (χ1) is 9.02. The second kappa shape index (κ2) is 3.93. The van der Waals surface area contributed by atoms with E-state index in [1.165, 1.54) is 12.1 Å². The van der Waals surface area contributed by atoms with Crippen molar-refractivity contribution in [3.05, 3.63) is 57.1 Å². The molecule has 2 aromatic rings. The van der Waals surface area contributed by atoms with Crippen molar-refractivity contribution in [1.82, 2.24) is 0 Å². The van der Waals surface area contributed by atoms with Gasteiger partial charge in [-0.05, 0) is 22.0 Å². The Morgan fingerprint density at radius 3 is 2.00 bits per heavy atom. The Morgan fingerprint density at radius 1 is 0.895 bits per heavy atom. The van der Waals surface area contributed by atoms with E-state index in [-0.39, 0.29) is 26.9 Å². The largest absolute Gasteiger partial charge is 0.504 e. The summed E-state index contributed by atoms with van der Waals surface area (Å²) in [6, 6.07) is 7.60. The van der Waals surface area contributed by atoms with Gasteiger partial charge in [0.2, 0.25) is 0 Å². The lowest BCUT2D eigenvalue weighted by atomic mass is 9.83. The zero-order chi connectivity index (χ0) is 13.7. The lowest BCUT2D eigenvalue weighted by Crippen LogP contribution is -2.21. The van der Waals surface area contributed by atoms with Crippen molar-refractivity contribution in [2.45, 2.75) is 0 Å². The van der Waals surface area contributed by atoms with E-state index in [9.17, 15) is 19.8 Å². The molecule has 0 spiro atoms. The van der Waals surface area contributed by atoms with E-state index in [2.05, 4.69) is 15.9 Å². The monoisotopic (exact) mass is 318 g/mol. The summed E-state index contributed by atoms with van der Waals surface area (Å²) in [6.07, 6.45) is 0. The minimum absolute atomic E-state index is 0.0824. The number of aromatic hydroxyl groups is 2. The molecule has 3 rings (SSSR count). The van der Waals surface area contributed by atoms with E-state index in [1.54, 1.807) is 18.2 Å². The molecule has 0 radical (unpaired) electrons. The summed E-state index contributed by atoms with van der Waals surface area (Å²) in [5, 5.41) is 19.4. The van der Waals surface area contributed by atoms with Crippen molar-refractivity contribution in [3.8, 4) is 11.5 Å². The third-order valence-electron chi connectivity index (χ3n) is 3.10. The Kier molecular flexibility index (Phi) is 2.46. The van der Waals surface area contributed by atoms with Crippen LogP contribution in [0.4, 0.5) is 0 Å². The van der Waals surface area contributed by atoms with Crippen LogP contribution < -0.4 is 0 Å². The first-order valence-corrected chi connectivity index (χ1v) is 6.24. The van der Waals surface area contributed by atoms with Crippen LogP contribution in [0.15, 0.2) is 34.8 Å². The molecule has 0 bridgehead atoms. The quantitative estimate of drug-likeness (QED) is 0.625. The number of halogens is 1. The van der Waals surface area contributed by atoms with Crippen molar-refractivity contribution < 1.29 is 19.8 Å². The Bertz CT molecular complexity index is 749. The fraction of sp³-hybridized carbons (Fsp3) is 0. The molecule has 4 nitrogen and oxygen atoms in total. The van der Waals surface area contributed by atoms with E-state index >= 15 is 0 Å². The number of ketones is 2. The molecule has 1 aliphatic carbocycles. The van der Waals surface area contributed by atoms with Gasteiger partial charge in [0.15, 0.2) is 23.1 Å². The van der Waals surface area contributed by atoms with E-state index in [0.29, 0.717) is 5.56 Å². The van der Waals surface area contributed by atoms with Crippen LogP contribution in [0.2, 0.25) is 0 Å². The number of hydrogen-bond donors (Lipinski definition) is 2. The lowest BCUT2D eigenvalue weighted by Gasteiger charge is -2.19. The molecule has 2 N–H and O–H groups in total. The fourth-order valence-electron chi connectivity index (χ4n) is 2.22. The highest BCUT2D eigenvalue weighted by Gasteiger charge is 2.34. The zero-order valence-electron chi connectivity index (χ0n) is 9.48. The van der Waals surface area contributed by atoms with Crippen LogP contribution in [0.25, 0.3) is 0 Å². The van der Waals surface area contributed by atoms with Gasteiger partial charge < -0.3 is 10.2 Å². The van der Waals surface area contributed by atoms with Crippen molar-refractivity contribution in [3.63, 3.8) is 0 Å². The van der Waals surface area contributed by atoms with E-state index in [0.717, 1.165) is 0 Å². The van der Waals surface area contributed by atoms with Gasteiger partial charge in [-0.15, -0.1) is 0 Å². The molecular formula is C14H7BrO4. The average Bonchev–Trinajstić information content (AvgIpc) is 2.40. The number of phenols is 2. The third kappa shape index (κ3) is 1.51. The SMILES string of the molecule is O=C1c2ccccc2C(=O)c2c(O)c(O)cc(Br)c21. The Hall–Kier alpha value is -2.14. The highest BCUT2D eigenvalue weighted by Crippen LogP contribution is 2.41. The van der Waals surface area contributed by atoms with Gasteiger partial charge in [0, 0.05) is 15.6 Å². The minimum Gasteiger partial charge on any atom is -0.504 e. The number of hydrogen-bond acceptors (Lipinski definition) is 4. The van der Waals surface area contributed by atoms with Gasteiger partial charge in [-0.2, -0.15) is 0 Å². The molecule has 0 fully saturated rings. The van der Waals surface area contributed by atoms with Crippen LogP contribution in [0, 0.1) is 0 Å². The fourth-order valence-corrected chi connectivity index (χ4v) is 2.81. The first-order valence-electron chi connectivity index (χ1n) is 5.45. The van der Waals surface area contributed by atoms with Gasteiger partial charge in [-0.3, -0.25) is 9.59 Å². The molecule has 19 heavy (non-hydrogen) atoms. The molecular weight excluding hydrogens is 312 g/mol. The molecule has 0 saturated carbocycles. The van der Waals surface area contributed by atoms with Gasteiger partial charge in [0.1, 0.15) is 0 Å². The maximum absolute atomic E-state index is 12.4. The maximum Gasteiger partial charge on any atom is 0.198 e. The molecule has 0 saturated heterocycles. The second-order valence-electron chi connectivity index (χ2n) is 4.18. The van der Waals surface area contributed by atoms with Gasteiger partial charge in [-0.1, -0.05) is 24.3 Å². The zero-order valence-corrected chi connectivity index (χ0v) is 11.1. The molecule has 94 valence electrons. The summed E-state index contributed by atoms with van der Waals surface area (Å²) in [6.45, 7) is 0. The normalized spacial score (nSPS) is 13.1. The summed E-state index contributed by atoms with van der Waals surface area (Å²) < 4.78 is 0.283. The van der Waals surface area contributed by atoms with E-state index in [1.807, 2.05) is 0 Å². The smallest absolute Gasteiger partial charge is 0.198 e. The molecule has 0 aromatic heterocycles. The molecule has 0 heterocycles. The topological polar surface area (TPSA) is 74.6 Å². The van der Waals surface area contributed by atoms with Crippen molar-refractivity contribution in [2.24, 2.45) is 0 Å². The second-order valence-corrected chi connectivity index (χ2v) is 5.03. The highest BCUT2D eigenvalue weighted by molar-refractivity contribution is 9.10. The van der Waals surface area contributed by atoms with Crippen LogP contribution >= 0.6 is 15.9 Å². The Morgan fingerprint density at radius 2 is 1.42 bits per heavy atom. The first kappa shape index (κ1) is 11.9. The summed E-state index contributed by atoms with van der Waals surface area (Å²) in [7, 11) is 0. The molecule has 0 unspecified atom stereocenters. The third-order valence-corrected chi connectivity index (χ3v) is 3.73. The van der Waals surface area contributed by atoms with Gasteiger partial charge in [0.25, 0.3) is 0 Å². The predicted octanol–water partition coefficient (Wildman–Crippen LogP) is 2.64. The standard InChI is InChI=1S/C14H7BrO4/c15-8-5-9(16)14(19)11-10(8)12(17)6-3-1-2-4-7(6)13(11)18/h1-5,16,19H. The molecule has 1 aliphatic rings. The Labute approximate surface area is 116 Å². The number of carbonyl (C=O) groups is 2. The number of rotatable bonds is 0. The maximum atomic E-state index is 12.4. The number of benzene rings is 2. The van der Waals surface area contributed by atoms with Gasteiger partial charge in [0.05, 0.1) is 11.1 Å². The van der Waals surface area contributed by atoms with Crippen molar-refractivity contribution in [2.75, 3.05) is 0 Å². The van der Waals surface area contributed by atoms with Gasteiger partial charge >= 0.3 is 0 Å². The van der Waals surface area contributed by atoms with E-state index < -0.39 is 17.3 Å². The van der Waals surface area contributed by atoms with E-state index in [4.69, 9.17) is 0 Å². The average molecular weight is 319 g/mol. The van der Waals surface area contributed by atoms with Crippen molar-refractivity contribution in [1.29, 1.82) is 0 Å². The van der Waals surface area contributed by atoms with Crippen LogP contribution in [0.3, 0.4) is 0 Å². The van der Waals surface area contributed by atoms with Crippen LogP contribution in [0.1, 0.15) is 31.8 Å². The Balaban J connectivity index is 2.43. The molecule has 0 atom stereocenters. The molecule has 5 heteroatoms. The van der Waals surface area contributed by atoms with Crippen molar-refractivity contribution >= 4 is 27.5 Å². The number of carbonyl (C=O) groups excluding carboxylic acids is 2. The summed E-state index contributed by atoms with van der Waals surface area (Å²) in [5.41, 5.74) is 0.452. The van der Waals surface area contributed by atoms with Crippen LogP contribution in [-0.4, -0.2) is 21.8 Å².